The molecule has 0 aliphatic heterocycles. The molecule has 0 radical (unpaired) electrons. The highest BCUT2D eigenvalue weighted by Crippen LogP contribution is 2.33. The Kier molecular flexibility index (Phi) is 25.8. The third kappa shape index (κ3) is 19.9. The van der Waals surface area contributed by atoms with Gasteiger partial charge in [-0.15, -0.1) is 70.5 Å². The van der Waals surface area contributed by atoms with Gasteiger partial charge in [-0.2, -0.15) is 9.97 Å². The zero-order valence-electron chi connectivity index (χ0n) is 29.3. The Morgan fingerprint density at radius 3 is 1.54 bits per heavy atom. The van der Waals surface area contributed by atoms with Gasteiger partial charge in [-0.25, -0.2) is 0 Å². The van der Waals surface area contributed by atoms with Crippen molar-refractivity contribution in [2.45, 2.75) is 66.2 Å². The van der Waals surface area contributed by atoms with E-state index in [1.165, 1.54) is 5.56 Å². The Morgan fingerprint density at radius 2 is 1.12 bits per heavy atom. The highest BCUT2D eigenvalue weighted by Gasteiger charge is 2.09. The van der Waals surface area contributed by atoms with Crippen molar-refractivity contribution in [1.29, 1.82) is 0 Å². The molecule has 2 aromatic carbocycles. The van der Waals surface area contributed by atoms with Crippen molar-refractivity contribution in [3.05, 3.63) is 83.9 Å². The van der Waals surface area contributed by atoms with Crippen LogP contribution < -0.4 is 24.8 Å². The first-order valence-electron chi connectivity index (χ1n) is 16.4. The molecular weight excluding hydrogens is 874 g/mol. The molecule has 2 heterocycles. The maximum Gasteiger partial charge on any atom is 0.369 e. The monoisotopic (exact) mass is 918 g/mol. The quantitative estimate of drug-likeness (QED) is 0.0616. The van der Waals surface area contributed by atoms with Crippen molar-refractivity contribution in [3.8, 4) is 34.8 Å². The maximum absolute atomic E-state index is 9.96. The van der Waals surface area contributed by atoms with Crippen molar-refractivity contribution in [3.63, 3.8) is 0 Å². The number of alkyl halides is 2. The minimum absolute atomic E-state index is 0.139. The second kappa shape index (κ2) is 28.2. The second-order valence-electron chi connectivity index (χ2n) is 10.3. The number of phenolic OH excluding ortho intramolecular Hbond substituents is 1. The number of aromatic nitrogens is 2. The number of halogens is 5. The van der Waals surface area contributed by atoms with E-state index in [2.05, 4.69) is 88.6 Å². The molecule has 0 aliphatic rings. The molecule has 2 aromatic heterocycles. The van der Waals surface area contributed by atoms with Crippen molar-refractivity contribution in [2.75, 3.05) is 36.2 Å². The summed E-state index contributed by atoms with van der Waals surface area (Å²) in [4.78, 5) is 8.85. The van der Waals surface area contributed by atoms with E-state index in [4.69, 9.17) is 37.4 Å². The highest BCUT2D eigenvalue weighted by molar-refractivity contribution is 9.69. The zero-order chi connectivity index (χ0) is 37.1. The van der Waals surface area contributed by atoms with Gasteiger partial charge in [0.1, 0.15) is 11.6 Å². The van der Waals surface area contributed by atoms with Gasteiger partial charge in [0.15, 0.2) is 23.0 Å². The normalized spacial score (nSPS) is 9.80. The molecule has 50 heavy (non-hydrogen) atoms. The molecule has 0 aliphatic carbocycles. The number of nitrogens with zero attached hydrogens (tertiary/aromatic N) is 2. The van der Waals surface area contributed by atoms with Crippen LogP contribution in [0.15, 0.2) is 72.8 Å². The molecule has 0 saturated carbocycles. The Morgan fingerprint density at radius 1 is 0.680 bits per heavy atom. The number of benzene rings is 2. The van der Waals surface area contributed by atoms with E-state index in [1.807, 2.05) is 61.5 Å². The number of aryl methyl sites for hydroxylation is 2. The number of hydrogen-bond acceptors (Lipinski definition) is 8. The first-order chi connectivity index (χ1) is 24.1. The third-order valence-corrected chi connectivity index (χ3v) is 6.62. The molecule has 14 heteroatoms. The number of nitrogens with one attached hydrogen (secondary N) is 2. The maximum atomic E-state index is 9.96. The fourth-order valence-electron chi connectivity index (χ4n) is 4.04. The number of phenols is 1. The highest BCUT2D eigenvalue weighted by atomic mass is 79.9. The van der Waals surface area contributed by atoms with Crippen LogP contribution in [0.2, 0.25) is 0 Å². The molecule has 0 unspecified atom stereocenters. The number of methoxy groups -OCH3 is 1. The summed E-state index contributed by atoms with van der Waals surface area (Å²) >= 11 is 18.8. The fourth-order valence-corrected chi connectivity index (χ4v) is 4.04. The summed E-state index contributed by atoms with van der Waals surface area (Å²) in [5.74, 6) is 4.61. The summed E-state index contributed by atoms with van der Waals surface area (Å²) in [6.45, 7) is 10.3. The fraction of sp³-hybridized carbons (Fsp3) is 0.389. The first kappa shape index (κ1) is 45.6. The minimum atomic E-state index is 0.139. The van der Waals surface area contributed by atoms with Crippen LogP contribution in [0.3, 0.4) is 0 Å². The van der Waals surface area contributed by atoms with Gasteiger partial charge in [-0.05, 0) is 73.2 Å². The van der Waals surface area contributed by atoms with E-state index in [9.17, 15) is 5.11 Å². The van der Waals surface area contributed by atoms with Crippen LogP contribution in [0.4, 0.5) is 11.6 Å². The Balaban J connectivity index is 0.000000422. The van der Waals surface area contributed by atoms with Crippen LogP contribution in [-0.2, 0) is 12.8 Å². The molecule has 0 fully saturated rings. The van der Waals surface area contributed by atoms with Crippen molar-refractivity contribution >= 4 is 85.3 Å². The van der Waals surface area contributed by atoms with Gasteiger partial charge in [0, 0.05) is 25.2 Å². The molecule has 0 spiro atoms. The number of anilines is 2. The summed E-state index contributed by atoms with van der Waals surface area (Å²) < 4.78 is 17.2. The first-order valence-corrected chi connectivity index (χ1v) is 20.3. The molecule has 0 saturated heterocycles. The van der Waals surface area contributed by atoms with E-state index in [1.54, 1.807) is 25.3 Å². The summed E-state index contributed by atoms with van der Waals surface area (Å²) in [6, 6.07) is 22.7. The van der Waals surface area contributed by atoms with Crippen LogP contribution >= 0.6 is 70.5 Å². The van der Waals surface area contributed by atoms with Gasteiger partial charge in [-0.3, -0.25) is 0 Å². The third-order valence-electron chi connectivity index (χ3n) is 6.62. The average molecular weight is 922 g/mol. The van der Waals surface area contributed by atoms with E-state index in [-0.39, 0.29) is 14.3 Å². The van der Waals surface area contributed by atoms with E-state index in [0.717, 1.165) is 74.6 Å². The number of aromatic hydroxyl groups is 1. The molecule has 0 amide bonds. The van der Waals surface area contributed by atoms with E-state index in [0.29, 0.717) is 23.3 Å². The lowest BCUT2D eigenvalue weighted by Gasteiger charge is -2.12. The van der Waals surface area contributed by atoms with Gasteiger partial charge < -0.3 is 30.0 Å². The number of unbranched alkanes of at least 4 members (excludes halogenated alkanes) is 2. The lowest BCUT2D eigenvalue weighted by molar-refractivity contribution is 0.374. The molecule has 8 nitrogen and oxygen atoms in total. The van der Waals surface area contributed by atoms with Crippen LogP contribution in [0, 0.1) is 0 Å². The molecule has 0 bridgehead atoms. The average Bonchev–Trinajstić information content (AvgIpc) is 3.10. The number of rotatable bonds is 15. The predicted octanol–water partition coefficient (Wildman–Crippen LogP) is 12.6. The van der Waals surface area contributed by atoms with Gasteiger partial charge in [0.25, 0.3) is 0 Å². The topological polar surface area (TPSA) is 97.8 Å². The molecule has 3 N–H and O–H groups in total. The smallest absolute Gasteiger partial charge is 0.369 e. The second-order valence-corrected chi connectivity index (χ2v) is 17.6. The minimum Gasteiger partial charge on any atom is -0.504 e. The molecule has 4 aromatic rings. The Bertz CT molecular complexity index is 1490. The van der Waals surface area contributed by atoms with Crippen LogP contribution in [0.1, 0.15) is 64.5 Å². The van der Waals surface area contributed by atoms with Crippen LogP contribution in [0.25, 0.3) is 0 Å². The Labute approximate surface area is 333 Å². The van der Waals surface area contributed by atoms with Crippen LogP contribution in [0.5, 0.6) is 34.8 Å². The summed E-state index contributed by atoms with van der Waals surface area (Å²) in [5, 5.41) is 16.7. The molecule has 0 atom stereocenters. The summed E-state index contributed by atoms with van der Waals surface area (Å²) in [7, 11) is 1.65. The number of hydrogen-bond donors (Lipinski definition) is 3. The lowest BCUT2D eigenvalue weighted by atomic mass is 10.1. The predicted molar refractivity (Wildman–Crippen MR) is 224 cm³/mol. The largest absolute Gasteiger partial charge is 0.504 e. The summed E-state index contributed by atoms with van der Waals surface area (Å²) in [5.41, 5.74) is 2.29. The standard InChI is InChI=1S/C18H24N2O2.C17H22N2O2.CH2Cl2.BBr3/c1-4-6-12-19-17-8-7-9-18(20-17)22-15-11-10-14(5-2)13-16(15)21-3;1-3-5-11-18-16-7-6-8-17(19-16)21-15-10-9-13(4-2)12-14(15)20;2-1-3;2-1(3)4/h7-11,13H,4-6,12H2,1-3H3,(H,19,20);6-10,12,20H,3-5,11H2,1-2H3,(H,18,19);1H2;. The van der Waals surface area contributed by atoms with Crippen molar-refractivity contribution in [1.82, 2.24) is 9.97 Å². The van der Waals surface area contributed by atoms with Crippen molar-refractivity contribution in [2.24, 2.45) is 0 Å². The van der Waals surface area contributed by atoms with E-state index >= 15 is 0 Å². The number of pyridine rings is 2. The summed E-state index contributed by atoms with van der Waals surface area (Å²) in [6.07, 6.45) is 6.37. The van der Waals surface area contributed by atoms with Gasteiger partial charge in [0.2, 0.25) is 11.8 Å². The van der Waals surface area contributed by atoms with Crippen LogP contribution in [-0.4, -0.2) is 43.8 Å². The molecule has 4 rings (SSSR count). The number of ether oxygens (including phenoxy) is 3. The lowest BCUT2D eigenvalue weighted by Crippen LogP contribution is -2.03. The van der Waals surface area contributed by atoms with Gasteiger partial charge >= 0.3 is 3.18 Å². The van der Waals surface area contributed by atoms with Gasteiger partial charge in [0.05, 0.1) is 12.4 Å². The van der Waals surface area contributed by atoms with E-state index < -0.39 is 0 Å². The SMILES string of the molecule is BrB(Br)Br.CCCCNc1cccc(Oc2ccc(CC)cc2O)n1.CCCCNc1cccc(Oc2ccc(CC)cc2OC)n1.ClCCl. The molecular formula is C36H48BBr3Cl2N4O4. The van der Waals surface area contributed by atoms with Crippen molar-refractivity contribution < 1.29 is 19.3 Å². The van der Waals surface area contributed by atoms with Gasteiger partial charge in [-0.1, -0.05) is 64.8 Å². The zero-order valence-corrected chi connectivity index (χ0v) is 35.6. The molecule has 274 valence electrons. The Hall–Kier alpha value is -2.38.